The maximum atomic E-state index is 5.00. The molecule has 3 heteroatoms. The average molecular weight is 216 g/mol. The zero-order valence-corrected chi connectivity index (χ0v) is 10.9. The standard InChI is InChI=1S/C12H28N2O/c1-5-12(3)14(6-2)10-9-13-8-7-11-15-4/h12-13H,5-11H2,1-4H3. The van der Waals surface area contributed by atoms with Gasteiger partial charge in [-0.15, -0.1) is 0 Å². The smallest absolute Gasteiger partial charge is 0.0474 e. The summed E-state index contributed by atoms with van der Waals surface area (Å²) in [7, 11) is 1.75. The fourth-order valence-electron chi connectivity index (χ4n) is 1.64. The SMILES string of the molecule is CCC(C)N(CC)CCNCCCOC. The Morgan fingerprint density at radius 2 is 2.00 bits per heavy atom. The van der Waals surface area contributed by atoms with E-state index in [1.54, 1.807) is 7.11 Å². The highest BCUT2D eigenvalue weighted by Gasteiger charge is 2.08. The van der Waals surface area contributed by atoms with Crippen molar-refractivity contribution in [2.75, 3.05) is 39.9 Å². The number of ether oxygens (including phenoxy) is 1. The summed E-state index contributed by atoms with van der Waals surface area (Å²) in [5, 5.41) is 3.44. The van der Waals surface area contributed by atoms with Gasteiger partial charge >= 0.3 is 0 Å². The Labute approximate surface area is 95.2 Å². The largest absolute Gasteiger partial charge is 0.385 e. The summed E-state index contributed by atoms with van der Waals surface area (Å²) in [6.45, 7) is 12.1. The lowest BCUT2D eigenvalue weighted by molar-refractivity contribution is 0.191. The van der Waals surface area contributed by atoms with Gasteiger partial charge in [-0.2, -0.15) is 0 Å². The Morgan fingerprint density at radius 1 is 1.27 bits per heavy atom. The number of nitrogens with one attached hydrogen (secondary N) is 1. The molecule has 0 saturated carbocycles. The van der Waals surface area contributed by atoms with Crippen molar-refractivity contribution in [3.05, 3.63) is 0 Å². The third-order valence-corrected chi connectivity index (χ3v) is 2.90. The fourth-order valence-corrected chi connectivity index (χ4v) is 1.64. The van der Waals surface area contributed by atoms with Crippen LogP contribution in [0.25, 0.3) is 0 Å². The topological polar surface area (TPSA) is 24.5 Å². The second-order valence-corrected chi connectivity index (χ2v) is 3.98. The predicted octanol–water partition coefficient (Wildman–Crippen LogP) is 1.73. The first-order chi connectivity index (χ1) is 7.26. The first-order valence-electron chi connectivity index (χ1n) is 6.19. The molecular formula is C12H28N2O. The number of likely N-dealkylation sites (N-methyl/N-ethyl adjacent to an activating group) is 1. The van der Waals surface area contributed by atoms with Crippen molar-refractivity contribution < 1.29 is 4.74 Å². The van der Waals surface area contributed by atoms with Crippen molar-refractivity contribution in [2.24, 2.45) is 0 Å². The molecular weight excluding hydrogens is 188 g/mol. The van der Waals surface area contributed by atoms with Crippen LogP contribution < -0.4 is 5.32 Å². The Balaban J connectivity index is 3.38. The van der Waals surface area contributed by atoms with Crippen LogP contribution >= 0.6 is 0 Å². The van der Waals surface area contributed by atoms with Crippen LogP contribution in [0.3, 0.4) is 0 Å². The molecule has 3 nitrogen and oxygen atoms in total. The molecule has 0 aromatic carbocycles. The van der Waals surface area contributed by atoms with E-state index in [4.69, 9.17) is 4.74 Å². The maximum absolute atomic E-state index is 5.00. The van der Waals surface area contributed by atoms with Crippen molar-refractivity contribution in [1.82, 2.24) is 10.2 Å². The molecule has 0 aromatic rings. The molecule has 1 N–H and O–H groups in total. The third-order valence-electron chi connectivity index (χ3n) is 2.90. The van der Waals surface area contributed by atoms with Gasteiger partial charge < -0.3 is 10.1 Å². The summed E-state index contributed by atoms with van der Waals surface area (Å²) in [5.74, 6) is 0. The molecule has 92 valence electrons. The zero-order chi connectivity index (χ0) is 11.5. The van der Waals surface area contributed by atoms with Crippen LogP contribution in [0.2, 0.25) is 0 Å². The minimum atomic E-state index is 0.704. The second kappa shape index (κ2) is 10.4. The van der Waals surface area contributed by atoms with Gasteiger partial charge in [-0.25, -0.2) is 0 Å². The first-order valence-corrected chi connectivity index (χ1v) is 6.19. The Bertz CT molecular complexity index is 131. The van der Waals surface area contributed by atoms with Crippen molar-refractivity contribution >= 4 is 0 Å². The predicted molar refractivity (Wildman–Crippen MR) is 66.4 cm³/mol. The summed E-state index contributed by atoms with van der Waals surface area (Å²) in [6, 6.07) is 0.704. The normalized spacial score (nSPS) is 13.4. The monoisotopic (exact) mass is 216 g/mol. The van der Waals surface area contributed by atoms with Crippen LogP contribution in [0.1, 0.15) is 33.6 Å². The minimum absolute atomic E-state index is 0.704. The van der Waals surface area contributed by atoms with Gasteiger partial charge in [0.1, 0.15) is 0 Å². The molecule has 0 rings (SSSR count). The van der Waals surface area contributed by atoms with Gasteiger partial charge in [-0.1, -0.05) is 13.8 Å². The lowest BCUT2D eigenvalue weighted by Crippen LogP contribution is -2.38. The number of methoxy groups -OCH3 is 1. The van der Waals surface area contributed by atoms with Gasteiger partial charge in [0, 0.05) is 32.8 Å². The average Bonchev–Trinajstić information content (AvgIpc) is 2.27. The molecule has 0 spiro atoms. The number of rotatable bonds is 10. The van der Waals surface area contributed by atoms with Crippen molar-refractivity contribution in [2.45, 2.75) is 39.7 Å². The molecule has 0 aliphatic heterocycles. The Kier molecular flexibility index (Phi) is 10.3. The van der Waals surface area contributed by atoms with E-state index >= 15 is 0 Å². The molecule has 0 heterocycles. The van der Waals surface area contributed by atoms with Crippen LogP contribution in [0.5, 0.6) is 0 Å². The highest BCUT2D eigenvalue weighted by molar-refractivity contribution is 4.65. The molecule has 0 aromatic heterocycles. The highest BCUT2D eigenvalue weighted by atomic mass is 16.5. The Hall–Kier alpha value is -0.120. The molecule has 0 bridgehead atoms. The molecule has 1 atom stereocenters. The molecule has 0 amide bonds. The van der Waals surface area contributed by atoms with Crippen molar-refractivity contribution in [3.63, 3.8) is 0 Å². The molecule has 0 aliphatic rings. The van der Waals surface area contributed by atoms with Gasteiger partial charge in [0.15, 0.2) is 0 Å². The first kappa shape index (κ1) is 14.9. The van der Waals surface area contributed by atoms with Gasteiger partial charge in [0.05, 0.1) is 0 Å². The van der Waals surface area contributed by atoms with E-state index < -0.39 is 0 Å². The highest BCUT2D eigenvalue weighted by Crippen LogP contribution is 2.01. The maximum Gasteiger partial charge on any atom is 0.0474 e. The van der Waals surface area contributed by atoms with E-state index in [0.29, 0.717) is 6.04 Å². The van der Waals surface area contributed by atoms with Crippen LogP contribution in [-0.2, 0) is 4.74 Å². The van der Waals surface area contributed by atoms with Gasteiger partial charge in [0.25, 0.3) is 0 Å². The van der Waals surface area contributed by atoms with Crippen LogP contribution in [-0.4, -0.2) is 50.8 Å². The lowest BCUT2D eigenvalue weighted by Gasteiger charge is -2.26. The molecule has 0 radical (unpaired) electrons. The molecule has 15 heavy (non-hydrogen) atoms. The molecule has 0 saturated heterocycles. The lowest BCUT2D eigenvalue weighted by atomic mass is 10.2. The minimum Gasteiger partial charge on any atom is -0.385 e. The van der Waals surface area contributed by atoms with E-state index in [1.165, 1.54) is 6.42 Å². The zero-order valence-electron chi connectivity index (χ0n) is 10.9. The van der Waals surface area contributed by atoms with Crippen molar-refractivity contribution in [3.8, 4) is 0 Å². The third kappa shape index (κ3) is 7.77. The number of nitrogens with zero attached hydrogens (tertiary/aromatic N) is 1. The van der Waals surface area contributed by atoms with E-state index in [1.807, 2.05) is 0 Å². The number of hydrogen-bond donors (Lipinski definition) is 1. The van der Waals surface area contributed by atoms with Gasteiger partial charge in [0.2, 0.25) is 0 Å². The van der Waals surface area contributed by atoms with Gasteiger partial charge in [-0.05, 0) is 32.9 Å². The Morgan fingerprint density at radius 3 is 2.53 bits per heavy atom. The molecule has 0 fully saturated rings. The summed E-state index contributed by atoms with van der Waals surface area (Å²) in [6.07, 6.45) is 2.34. The van der Waals surface area contributed by atoms with Crippen LogP contribution in [0, 0.1) is 0 Å². The van der Waals surface area contributed by atoms with Crippen LogP contribution in [0.15, 0.2) is 0 Å². The molecule has 0 aliphatic carbocycles. The summed E-state index contributed by atoms with van der Waals surface area (Å²) in [5.41, 5.74) is 0. The summed E-state index contributed by atoms with van der Waals surface area (Å²) in [4.78, 5) is 2.52. The second-order valence-electron chi connectivity index (χ2n) is 3.98. The van der Waals surface area contributed by atoms with E-state index in [-0.39, 0.29) is 0 Å². The number of hydrogen-bond acceptors (Lipinski definition) is 3. The van der Waals surface area contributed by atoms with Crippen molar-refractivity contribution in [1.29, 1.82) is 0 Å². The summed E-state index contributed by atoms with van der Waals surface area (Å²) < 4.78 is 5.00. The summed E-state index contributed by atoms with van der Waals surface area (Å²) >= 11 is 0. The van der Waals surface area contributed by atoms with Gasteiger partial charge in [-0.3, -0.25) is 4.90 Å². The van der Waals surface area contributed by atoms with E-state index in [0.717, 1.165) is 39.2 Å². The quantitative estimate of drug-likeness (QED) is 0.563. The molecule has 1 unspecified atom stereocenters. The van der Waals surface area contributed by atoms with Crippen LogP contribution in [0.4, 0.5) is 0 Å². The fraction of sp³-hybridized carbons (Fsp3) is 1.00. The van der Waals surface area contributed by atoms with E-state index in [2.05, 4.69) is 31.0 Å². The van der Waals surface area contributed by atoms with E-state index in [9.17, 15) is 0 Å².